The number of imidazole rings is 1. The SMILES string of the molecule is COc1ccc(-c2[nH]cc(CC(=O)c3ccc(N(C)C)cc3)[n+]2N=Cc2ccc(N(C)C)cc2)cc1. The van der Waals surface area contributed by atoms with E-state index in [9.17, 15) is 4.79 Å². The molecule has 4 rings (SSSR count). The van der Waals surface area contributed by atoms with Crippen molar-refractivity contribution in [2.24, 2.45) is 5.10 Å². The zero-order valence-electron chi connectivity index (χ0n) is 21.4. The summed E-state index contributed by atoms with van der Waals surface area (Å²) in [6.07, 6.45) is 3.86. The number of ketones is 1. The fourth-order valence-electron chi connectivity index (χ4n) is 3.82. The summed E-state index contributed by atoms with van der Waals surface area (Å²) < 4.78 is 7.10. The van der Waals surface area contributed by atoms with Crippen molar-refractivity contribution in [2.45, 2.75) is 6.42 Å². The van der Waals surface area contributed by atoms with Crippen molar-refractivity contribution < 1.29 is 14.2 Å². The first kappa shape index (κ1) is 24.7. The molecule has 0 saturated carbocycles. The first-order chi connectivity index (χ1) is 17.4. The number of nitrogens with one attached hydrogen (secondary N) is 1. The van der Waals surface area contributed by atoms with Crippen LogP contribution in [0.3, 0.4) is 0 Å². The van der Waals surface area contributed by atoms with Gasteiger partial charge in [0, 0.05) is 45.1 Å². The second-order valence-corrected chi connectivity index (χ2v) is 8.94. The van der Waals surface area contributed by atoms with Gasteiger partial charge in [-0.3, -0.25) is 4.79 Å². The van der Waals surface area contributed by atoms with Gasteiger partial charge in [0.15, 0.2) is 11.5 Å². The average molecular weight is 483 g/mol. The molecule has 36 heavy (non-hydrogen) atoms. The molecule has 0 spiro atoms. The molecule has 0 atom stereocenters. The summed E-state index contributed by atoms with van der Waals surface area (Å²) in [5.74, 6) is 1.59. The lowest BCUT2D eigenvalue weighted by Gasteiger charge is -2.12. The molecular formula is C29H32N5O2+. The van der Waals surface area contributed by atoms with Crippen LogP contribution in [0.4, 0.5) is 11.4 Å². The molecule has 0 aliphatic rings. The number of nitrogens with zero attached hydrogens (tertiary/aromatic N) is 4. The van der Waals surface area contributed by atoms with Crippen LogP contribution in [0.25, 0.3) is 11.4 Å². The zero-order chi connectivity index (χ0) is 25.7. The normalized spacial score (nSPS) is 11.0. The van der Waals surface area contributed by atoms with E-state index in [1.54, 1.807) is 18.0 Å². The highest BCUT2D eigenvalue weighted by atomic mass is 16.5. The summed E-state index contributed by atoms with van der Waals surface area (Å²) in [7, 11) is 9.62. The Morgan fingerprint density at radius 3 is 2.03 bits per heavy atom. The van der Waals surface area contributed by atoms with Crippen molar-refractivity contribution in [3.63, 3.8) is 0 Å². The van der Waals surface area contributed by atoms with E-state index in [1.807, 2.05) is 100.0 Å². The lowest BCUT2D eigenvalue weighted by atomic mass is 10.1. The van der Waals surface area contributed by atoms with E-state index in [-0.39, 0.29) is 12.2 Å². The standard InChI is InChI=1S/C29H31N5O2/c1-32(2)24-12-6-21(7-13-24)19-31-34-26(18-28(35)22-8-14-25(15-9-22)33(3)4)20-30-29(34)23-10-16-27(36-5)17-11-23/h6-17,19-20H,18H2,1-5H3/p+1. The van der Waals surface area contributed by atoms with E-state index in [1.165, 1.54) is 0 Å². The summed E-state index contributed by atoms with van der Waals surface area (Å²) in [5, 5.41) is 4.77. The summed E-state index contributed by atoms with van der Waals surface area (Å²) in [6.45, 7) is 0. The van der Waals surface area contributed by atoms with E-state index in [2.05, 4.69) is 22.0 Å². The molecule has 4 aromatic rings. The van der Waals surface area contributed by atoms with Gasteiger partial charge in [-0.2, -0.15) is 0 Å². The van der Waals surface area contributed by atoms with Crippen LogP contribution in [-0.4, -0.2) is 52.3 Å². The Kier molecular flexibility index (Phi) is 7.49. The van der Waals surface area contributed by atoms with Gasteiger partial charge in [-0.25, -0.2) is 4.98 Å². The molecule has 0 aliphatic carbocycles. The van der Waals surface area contributed by atoms with Crippen LogP contribution >= 0.6 is 0 Å². The molecule has 0 unspecified atom stereocenters. The van der Waals surface area contributed by atoms with Crippen molar-refractivity contribution in [1.82, 2.24) is 4.98 Å². The maximum Gasteiger partial charge on any atom is 0.312 e. The van der Waals surface area contributed by atoms with Crippen LogP contribution < -0.4 is 19.2 Å². The van der Waals surface area contributed by atoms with E-state index in [0.717, 1.165) is 39.8 Å². The molecule has 1 heterocycles. The summed E-state index contributed by atoms with van der Waals surface area (Å²) >= 11 is 0. The van der Waals surface area contributed by atoms with Gasteiger partial charge in [-0.1, -0.05) is 21.9 Å². The molecule has 7 nitrogen and oxygen atoms in total. The Hall–Kier alpha value is -4.39. The van der Waals surface area contributed by atoms with E-state index in [4.69, 9.17) is 9.84 Å². The van der Waals surface area contributed by atoms with Gasteiger partial charge in [0.2, 0.25) is 0 Å². The van der Waals surface area contributed by atoms with Gasteiger partial charge in [0.1, 0.15) is 11.9 Å². The average Bonchev–Trinajstić information content (AvgIpc) is 3.29. The number of H-pyrrole nitrogens is 1. The Bertz CT molecular complexity index is 1340. The molecule has 0 saturated heterocycles. The molecule has 1 N–H and O–H groups in total. The summed E-state index contributed by atoms with van der Waals surface area (Å²) in [6, 6.07) is 23.5. The minimum atomic E-state index is 0.0277. The summed E-state index contributed by atoms with van der Waals surface area (Å²) in [5.41, 5.74) is 5.50. The van der Waals surface area contributed by atoms with Crippen LogP contribution in [0.1, 0.15) is 21.6 Å². The predicted molar refractivity (Wildman–Crippen MR) is 146 cm³/mol. The summed E-state index contributed by atoms with van der Waals surface area (Å²) in [4.78, 5) is 20.5. The number of carbonyl (C=O) groups excluding carboxylic acids is 1. The van der Waals surface area contributed by atoms with E-state index in [0.29, 0.717) is 5.56 Å². The fraction of sp³-hybridized carbons (Fsp3) is 0.207. The lowest BCUT2D eigenvalue weighted by molar-refractivity contribution is -0.672. The molecule has 0 amide bonds. The fourth-order valence-corrected chi connectivity index (χ4v) is 3.82. The van der Waals surface area contributed by atoms with E-state index >= 15 is 0 Å². The number of aromatic amines is 1. The number of hydrogen-bond donors (Lipinski definition) is 1. The number of methoxy groups -OCH3 is 1. The maximum atomic E-state index is 13.1. The van der Waals surface area contributed by atoms with Gasteiger partial charge >= 0.3 is 5.82 Å². The monoisotopic (exact) mass is 482 g/mol. The third-order valence-corrected chi connectivity index (χ3v) is 6.00. The molecule has 0 bridgehead atoms. The van der Waals surface area contributed by atoms with Gasteiger partial charge in [-0.15, -0.1) is 0 Å². The van der Waals surface area contributed by atoms with Gasteiger partial charge in [-0.05, 0) is 66.2 Å². The third-order valence-electron chi connectivity index (χ3n) is 6.00. The number of Topliss-reactive ketones (excluding diaryl/α,β-unsaturated/α-hetero) is 1. The second-order valence-electron chi connectivity index (χ2n) is 8.94. The first-order valence-corrected chi connectivity index (χ1v) is 11.7. The van der Waals surface area contributed by atoms with Gasteiger partial charge in [0.05, 0.1) is 25.3 Å². The minimum Gasteiger partial charge on any atom is -0.497 e. The van der Waals surface area contributed by atoms with Crippen LogP contribution in [-0.2, 0) is 6.42 Å². The van der Waals surface area contributed by atoms with Gasteiger partial charge < -0.3 is 14.5 Å². The molecule has 7 heteroatoms. The highest BCUT2D eigenvalue weighted by Crippen LogP contribution is 2.20. The highest BCUT2D eigenvalue weighted by molar-refractivity contribution is 5.97. The molecule has 3 aromatic carbocycles. The van der Waals surface area contributed by atoms with E-state index < -0.39 is 0 Å². The Labute approximate surface area is 212 Å². The largest absolute Gasteiger partial charge is 0.497 e. The molecule has 1 aromatic heterocycles. The van der Waals surface area contributed by atoms with Crippen LogP contribution in [0, 0.1) is 0 Å². The van der Waals surface area contributed by atoms with Crippen molar-refractivity contribution in [2.75, 3.05) is 45.1 Å². The third kappa shape index (κ3) is 5.63. The molecule has 184 valence electrons. The number of rotatable bonds is 9. The van der Waals surface area contributed by atoms with Crippen LogP contribution in [0.5, 0.6) is 5.75 Å². The number of ether oxygens (including phenoxy) is 1. The first-order valence-electron chi connectivity index (χ1n) is 11.7. The van der Waals surface area contributed by atoms with Crippen LogP contribution in [0.2, 0.25) is 0 Å². The molecule has 0 aliphatic heterocycles. The number of hydrogen-bond acceptors (Lipinski definition) is 5. The predicted octanol–water partition coefficient (Wildman–Crippen LogP) is 4.42. The smallest absolute Gasteiger partial charge is 0.312 e. The number of benzene rings is 3. The van der Waals surface area contributed by atoms with Crippen molar-refractivity contribution >= 4 is 23.4 Å². The maximum absolute atomic E-state index is 13.1. The lowest BCUT2D eigenvalue weighted by Crippen LogP contribution is -2.34. The molecule has 0 fully saturated rings. The highest BCUT2D eigenvalue weighted by Gasteiger charge is 2.22. The Balaban J connectivity index is 1.66. The Morgan fingerprint density at radius 1 is 0.889 bits per heavy atom. The number of aromatic nitrogens is 2. The quantitative estimate of drug-likeness (QED) is 0.218. The molecule has 0 radical (unpaired) electrons. The second kappa shape index (κ2) is 10.9. The molecular weight excluding hydrogens is 450 g/mol. The Morgan fingerprint density at radius 2 is 1.47 bits per heavy atom. The minimum absolute atomic E-state index is 0.0277. The van der Waals surface area contributed by atoms with Crippen LogP contribution in [0.15, 0.2) is 84.1 Å². The topological polar surface area (TPSA) is 64.8 Å². The van der Waals surface area contributed by atoms with Crippen molar-refractivity contribution in [3.8, 4) is 17.1 Å². The van der Waals surface area contributed by atoms with Gasteiger partial charge in [0.25, 0.3) is 0 Å². The zero-order valence-corrected chi connectivity index (χ0v) is 21.4. The van der Waals surface area contributed by atoms with Crippen molar-refractivity contribution in [1.29, 1.82) is 0 Å². The van der Waals surface area contributed by atoms with Crippen molar-refractivity contribution in [3.05, 3.63) is 95.8 Å². The number of carbonyl (C=O) groups is 1. The number of anilines is 2.